The third kappa shape index (κ3) is 39.0. The van der Waals surface area contributed by atoms with Crippen LogP contribution in [0.1, 0.15) is 195 Å². The smallest absolute Gasteiger partial charge is 1.00 e. The zero-order valence-electron chi connectivity index (χ0n) is 27.7. The van der Waals surface area contributed by atoms with Crippen molar-refractivity contribution in [1.29, 1.82) is 0 Å². The van der Waals surface area contributed by atoms with E-state index in [0.29, 0.717) is 13.0 Å². The van der Waals surface area contributed by atoms with E-state index in [4.69, 9.17) is 4.74 Å². The summed E-state index contributed by atoms with van der Waals surface area (Å²) in [6.07, 6.45) is 41.2. The van der Waals surface area contributed by atoms with E-state index >= 15 is 0 Å². The van der Waals surface area contributed by atoms with E-state index in [2.05, 4.69) is 26.0 Å². The van der Waals surface area contributed by atoms with Gasteiger partial charge in [0.1, 0.15) is 0 Å². The van der Waals surface area contributed by atoms with E-state index in [9.17, 15) is 4.79 Å². The molecule has 0 atom stereocenters. The van der Waals surface area contributed by atoms with Crippen molar-refractivity contribution in [2.45, 2.75) is 194 Å². The van der Waals surface area contributed by atoms with Crippen molar-refractivity contribution < 1.29 is 60.0 Å². The number of carbonyl (C=O) groups excluding carboxylic acids is 1. The van der Waals surface area contributed by atoms with Crippen molar-refractivity contribution in [2.24, 2.45) is 0 Å². The molecule has 0 radical (unpaired) electrons. The van der Waals surface area contributed by atoms with Crippen LogP contribution in [0, 0.1) is 0 Å². The minimum absolute atomic E-state index is 0. The summed E-state index contributed by atoms with van der Waals surface area (Å²) in [7, 11) is 0. The molecule has 4 heteroatoms. The standard InChI is InChI=1S/C34H66O2.Na.Zn.H/c1-3-5-7-9-11-13-15-17-19-20-22-24-26-28-30-32-34(35)36-33-31-29-27-25-23-21-18-16-14-12-10-8-6-4-2;;;/h17,19H,3-16,18,20-33H2,1-2H3;;;/q;+1;;-1/b19-17-;;;. The Morgan fingerprint density at radius 2 is 0.816 bits per heavy atom. The molecule has 218 valence electrons. The van der Waals surface area contributed by atoms with Gasteiger partial charge in [-0.1, -0.05) is 161 Å². The summed E-state index contributed by atoms with van der Waals surface area (Å²) in [6, 6.07) is 0. The number of hydrogen-bond donors (Lipinski definition) is 0. The summed E-state index contributed by atoms with van der Waals surface area (Å²) in [6.45, 7) is 5.19. The number of allylic oxidation sites excluding steroid dienone is 2. The fourth-order valence-electron chi connectivity index (χ4n) is 4.89. The Morgan fingerprint density at radius 1 is 0.500 bits per heavy atom. The minimum atomic E-state index is 0. The van der Waals surface area contributed by atoms with Gasteiger partial charge >= 0.3 is 35.5 Å². The van der Waals surface area contributed by atoms with Gasteiger partial charge in [0, 0.05) is 25.9 Å². The van der Waals surface area contributed by atoms with Crippen LogP contribution in [-0.4, -0.2) is 12.6 Å². The Balaban J connectivity index is -0.00000204. The van der Waals surface area contributed by atoms with Crippen molar-refractivity contribution in [3.05, 3.63) is 12.2 Å². The molecule has 0 heterocycles. The van der Waals surface area contributed by atoms with Gasteiger partial charge < -0.3 is 6.16 Å². The van der Waals surface area contributed by atoms with Crippen LogP contribution in [0.4, 0.5) is 0 Å². The van der Waals surface area contributed by atoms with E-state index < -0.39 is 0 Å². The maximum absolute atomic E-state index is 11.9. The molecule has 0 N–H and O–H groups in total. The van der Waals surface area contributed by atoms with Crippen molar-refractivity contribution in [1.82, 2.24) is 0 Å². The van der Waals surface area contributed by atoms with Crippen LogP contribution in [0.2, 0.25) is 0 Å². The molecule has 2 nitrogen and oxygen atoms in total. The van der Waals surface area contributed by atoms with Crippen LogP contribution in [0.25, 0.3) is 0 Å². The average molecular weight is 596 g/mol. The monoisotopic (exact) mass is 594 g/mol. The Labute approximate surface area is 276 Å². The van der Waals surface area contributed by atoms with E-state index in [0.717, 1.165) is 19.3 Å². The second-order valence-corrected chi connectivity index (χ2v) is 11.2. The van der Waals surface area contributed by atoms with Gasteiger partial charge in [-0.15, -0.1) is 0 Å². The van der Waals surface area contributed by atoms with Gasteiger partial charge in [0.25, 0.3) is 0 Å². The molecule has 0 aromatic rings. The molecule has 0 bridgehead atoms. The molecular weight excluding hydrogens is 529 g/mol. The molecule has 0 aliphatic heterocycles. The van der Waals surface area contributed by atoms with E-state index in [1.807, 2.05) is 0 Å². The summed E-state index contributed by atoms with van der Waals surface area (Å²) in [4.78, 5) is 11.9. The first-order valence-electron chi connectivity index (χ1n) is 16.6. The molecule has 0 aromatic heterocycles. The number of ether oxygens (including phenoxy) is 1. The van der Waals surface area contributed by atoms with Gasteiger partial charge in [0.2, 0.25) is 0 Å². The predicted molar refractivity (Wildman–Crippen MR) is 162 cm³/mol. The topological polar surface area (TPSA) is 26.3 Å². The third-order valence-electron chi connectivity index (χ3n) is 7.40. The molecule has 0 spiro atoms. The molecular formula is C34H67NaO2Zn. The van der Waals surface area contributed by atoms with Crippen LogP contribution < -0.4 is 29.6 Å². The molecule has 0 aromatic carbocycles. The molecule has 0 saturated carbocycles. The van der Waals surface area contributed by atoms with Gasteiger partial charge in [-0.2, -0.15) is 0 Å². The first-order chi connectivity index (χ1) is 17.8. The Kier molecular flexibility index (Phi) is 45.5. The van der Waals surface area contributed by atoms with Gasteiger partial charge in [-0.25, -0.2) is 0 Å². The normalized spacial score (nSPS) is 10.9. The van der Waals surface area contributed by atoms with Crippen molar-refractivity contribution in [3.63, 3.8) is 0 Å². The van der Waals surface area contributed by atoms with Crippen molar-refractivity contribution in [3.8, 4) is 0 Å². The number of rotatable bonds is 30. The van der Waals surface area contributed by atoms with E-state index in [-0.39, 0.29) is 56.4 Å². The minimum Gasteiger partial charge on any atom is -1.00 e. The molecule has 0 unspecified atom stereocenters. The second-order valence-electron chi connectivity index (χ2n) is 11.2. The Bertz CT molecular complexity index is 462. The molecule has 0 aliphatic carbocycles. The summed E-state index contributed by atoms with van der Waals surface area (Å²) in [5, 5.41) is 0. The number of esters is 1. The Hall–Kier alpha value is 0.833. The van der Waals surface area contributed by atoms with Crippen molar-refractivity contribution in [2.75, 3.05) is 6.61 Å². The SMILES string of the molecule is CCCCCCCC/C=C\CCCCCCCC(=O)OCCCCCCCCCCCCCCCC.[H-].[Na+].[Zn]. The van der Waals surface area contributed by atoms with E-state index in [1.54, 1.807) is 0 Å². The predicted octanol–water partition coefficient (Wildman–Crippen LogP) is 9.16. The zero-order chi connectivity index (χ0) is 26.2. The maximum Gasteiger partial charge on any atom is 1.00 e. The largest absolute Gasteiger partial charge is 1.00 e. The molecule has 0 saturated heterocycles. The first-order valence-corrected chi connectivity index (χ1v) is 16.6. The van der Waals surface area contributed by atoms with Crippen LogP contribution >= 0.6 is 0 Å². The fraction of sp³-hybridized carbons (Fsp3) is 0.912. The summed E-state index contributed by atoms with van der Waals surface area (Å²) >= 11 is 0. The van der Waals surface area contributed by atoms with Crippen molar-refractivity contribution >= 4 is 5.97 Å². The maximum atomic E-state index is 11.9. The van der Waals surface area contributed by atoms with Crippen LogP contribution in [0.15, 0.2) is 12.2 Å². The molecule has 0 aliphatic rings. The van der Waals surface area contributed by atoms with Gasteiger partial charge in [0.15, 0.2) is 0 Å². The van der Waals surface area contributed by atoms with Gasteiger partial charge in [0.05, 0.1) is 6.61 Å². The molecule has 0 fully saturated rings. The van der Waals surface area contributed by atoms with Gasteiger partial charge in [-0.05, 0) is 38.5 Å². The quantitative estimate of drug-likeness (QED) is 0.0358. The van der Waals surface area contributed by atoms with Crippen LogP contribution in [-0.2, 0) is 29.0 Å². The fourth-order valence-corrected chi connectivity index (χ4v) is 4.89. The zero-order valence-corrected chi connectivity index (χ0v) is 31.7. The first kappa shape index (κ1) is 43.3. The molecule has 0 rings (SSSR count). The number of carbonyl (C=O) groups is 1. The molecule has 38 heavy (non-hydrogen) atoms. The second kappa shape index (κ2) is 40.0. The van der Waals surface area contributed by atoms with E-state index in [1.165, 1.54) is 154 Å². The van der Waals surface area contributed by atoms with Crippen LogP contribution in [0.3, 0.4) is 0 Å². The Morgan fingerprint density at radius 3 is 1.21 bits per heavy atom. The summed E-state index contributed by atoms with van der Waals surface area (Å²) < 4.78 is 5.42. The number of unbranched alkanes of at least 4 members (excludes halogenated alkanes) is 24. The van der Waals surface area contributed by atoms with Gasteiger partial charge in [-0.3, -0.25) is 4.79 Å². The molecule has 0 amide bonds. The van der Waals surface area contributed by atoms with Crippen LogP contribution in [0.5, 0.6) is 0 Å². The number of hydrogen-bond acceptors (Lipinski definition) is 2. The average Bonchev–Trinajstić information content (AvgIpc) is 2.88. The summed E-state index contributed by atoms with van der Waals surface area (Å²) in [5.41, 5.74) is 0. The summed E-state index contributed by atoms with van der Waals surface area (Å²) in [5.74, 6) is 0.0160. The third-order valence-corrected chi connectivity index (χ3v) is 7.40.